The van der Waals surface area contributed by atoms with Crippen molar-refractivity contribution in [2.24, 2.45) is 0 Å². The molecule has 1 N–H and O–H groups in total. The number of ketones is 1. The number of carbonyl (C=O) groups excluding carboxylic acids is 1. The van der Waals surface area contributed by atoms with Gasteiger partial charge in [-0.1, -0.05) is 25.5 Å². The third kappa shape index (κ3) is 4.88. The van der Waals surface area contributed by atoms with Gasteiger partial charge in [0.05, 0.1) is 30.3 Å². The van der Waals surface area contributed by atoms with Crippen LogP contribution in [0.25, 0.3) is 16.9 Å². The number of aromatic nitrogens is 3. The van der Waals surface area contributed by atoms with Gasteiger partial charge in [-0.05, 0) is 48.9 Å². The van der Waals surface area contributed by atoms with Gasteiger partial charge in [-0.15, -0.1) is 0 Å². The van der Waals surface area contributed by atoms with Gasteiger partial charge in [-0.3, -0.25) is 9.52 Å². The lowest BCUT2D eigenvalue weighted by atomic mass is 10.1. The molecule has 0 spiro atoms. The highest BCUT2D eigenvalue weighted by Gasteiger charge is 2.18. The van der Waals surface area contributed by atoms with Crippen molar-refractivity contribution in [2.75, 3.05) is 17.6 Å². The highest BCUT2D eigenvalue weighted by atomic mass is 32.2. The minimum atomic E-state index is -3.42. The molecule has 170 valence electrons. The van der Waals surface area contributed by atoms with Gasteiger partial charge in [0, 0.05) is 23.0 Å². The Morgan fingerprint density at radius 3 is 2.64 bits per heavy atom. The highest BCUT2D eigenvalue weighted by molar-refractivity contribution is 7.92. The summed E-state index contributed by atoms with van der Waals surface area (Å²) in [5.41, 5.74) is 3.19. The molecule has 0 atom stereocenters. The SMILES string of the molecule is CCCCS(=O)(=O)Nc1cccc(-c2ccnc3c(C(=O)c4ccc(OC)cc4)cnn23)c1. The number of hydrogen-bond acceptors (Lipinski definition) is 6. The molecular formula is C24H24N4O4S. The number of nitrogens with one attached hydrogen (secondary N) is 1. The second-order valence-electron chi connectivity index (χ2n) is 7.54. The van der Waals surface area contributed by atoms with E-state index >= 15 is 0 Å². The normalized spacial score (nSPS) is 11.5. The number of sulfonamides is 1. The molecule has 8 nitrogen and oxygen atoms in total. The van der Waals surface area contributed by atoms with Crippen molar-refractivity contribution in [2.45, 2.75) is 19.8 Å². The van der Waals surface area contributed by atoms with Gasteiger partial charge < -0.3 is 4.74 Å². The summed E-state index contributed by atoms with van der Waals surface area (Å²) in [4.78, 5) is 17.4. The van der Waals surface area contributed by atoms with Crippen LogP contribution in [-0.2, 0) is 10.0 Å². The van der Waals surface area contributed by atoms with Gasteiger partial charge in [0.2, 0.25) is 10.0 Å². The number of benzene rings is 2. The molecule has 0 aliphatic rings. The third-order valence-electron chi connectivity index (χ3n) is 5.20. The number of anilines is 1. The molecule has 0 unspecified atom stereocenters. The van der Waals surface area contributed by atoms with E-state index in [0.717, 1.165) is 12.0 Å². The van der Waals surface area contributed by atoms with Crippen LogP contribution in [0, 0.1) is 0 Å². The molecule has 4 aromatic rings. The van der Waals surface area contributed by atoms with E-state index in [0.29, 0.717) is 40.3 Å². The van der Waals surface area contributed by atoms with Crippen LogP contribution in [0.15, 0.2) is 67.0 Å². The van der Waals surface area contributed by atoms with Crippen molar-refractivity contribution in [3.63, 3.8) is 0 Å². The minimum absolute atomic E-state index is 0.0726. The van der Waals surface area contributed by atoms with E-state index in [9.17, 15) is 13.2 Å². The average Bonchev–Trinajstić information content (AvgIpc) is 3.26. The highest BCUT2D eigenvalue weighted by Crippen LogP contribution is 2.25. The Hall–Kier alpha value is -3.72. The van der Waals surface area contributed by atoms with E-state index in [1.54, 1.807) is 66.4 Å². The summed E-state index contributed by atoms with van der Waals surface area (Å²) in [6.45, 7) is 1.95. The van der Waals surface area contributed by atoms with Crippen LogP contribution in [0.1, 0.15) is 35.7 Å². The van der Waals surface area contributed by atoms with Gasteiger partial charge in [-0.25, -0.2) is 17.9 Å². The Bertz CT molecular complexity index is 1400. The van der Waals surface area contributed by atoms with Crippen molar-refractivity contribution in [3.05, 3.63) is 78.1 Å². The van der Waals surface area contributed by atoms with E-state index in [4.69, 9.17) is 4.74 Å². The maximum absolute atomic E-state index is 13.1. The molecule has 4 rings (SSSR count). The van der Waals surface area contributed by atoms with Crippen molar-refractivity contribution in [1.82, 2.24) is 14.6 Å². The van der Waals surface area contributed by atoms with Crippen LogP contribution < -0.4 is 9.46 Å². The number of ether oxygens (including phenoxy) is 1. The Morgan fingerprint density at radius 2 is 1.91 bits per heavy atom. The number of hydrogen-bond donors (Lipinski definition) is 1. The predicted molar refractivity (Wildman–Crippen MR) is 127 cm³/mol. The molecule has 33 heavy (non-hydrogen) atoms. The van der Waals surface area contributed by atoms with E-state index in [1.165, 1.54) is 6.20 Å². The fourth-order valence-corrected chi connectivity index (χ4v) is 4.73. The number of carbonyl (C=O) groups is 1. The first-order valence-electron chi connectivity index (χ1n) is 10.5. The summed E-state index contributed by atoms with van der Waals surface area (Å²) in [6.07, 6.45) is 4.50. The second kappa shape index (κ2) is 9.41. The van der Waals surface area contributed by atoms with Crippen LogP contribution in [0.3, 0.4) is 0 Å². The first kappa shape index (κ1) is 22.5. The summed E-state index contributed by atoms with van der Waals surface area (Å²) in [7, 11) is -1.85. The van der Waals surface area contributed by atoms with E-state index in [2.05, 4.69) is 14.8 Å². The van der Waals surface area contributed by atoms with Gasteiger partial charge in [0.1, 0.15) is 5.75 Å². The van der Waals surface area contributed by atoms with Crippen LogP contribution in [0.2, 0.25) is 0 Å². The largest absolute Gasteiger partial charge is 0.497 e. The molecule has 2 aromatic carbocycles. The summed E-state index contributed by atoms with van der Waals surface area (Å²) in [6, 6.07) is 15.7. The quantitative estimate of drug-likeness (QED) is 0.373. The lowest BCUT2D eigenvalue weighted by Gasteiger charge is -2.10. The smallest absolute Gasteiger partial charge is 0.232 e. The Kier molecular flexibility index (Phi) is 6.41. The molecule has 0 bridgehead atoms. The van der Waals surface area contributed by atoms with Crippen LogP contribution in [0.5, 0.6) is 5.75 Å². The molecule has 0 saturated carbocycles. The van der Waals surface area contributed by atoms with Crippen LogP contribution >= 0.6 is 0 Å². The molecule has 0 radical (unpaired) electrons. The van der Waals surface area contributed by atoms with Gasteiger partial charge in [0.25, 0.3) is 0 Å². The molecule has 0 saturated heterocycles. The molecule has 2 aromatic heterocycles. The zero-order chi connectivity index (χ0) is 23.4. The number of fused-ring (bicyclic) bond motifs is 1. The molecule has 2 heterocycles. The minimum Gasteiger partial charge on any atom is -0.497 e. The Balaban J connectivity index is 1.68. The maximum atomic E-state index is 13.1. The standard InChI is InChI=1S/C24H24N4O4S/c1-3-4-14-33(30,31)27-19-7-5-6-18(15-19)22-12-13-25-24-21(16-26-28(22)24)23(29)17-8-10-20(32-2)11-9-17/h5-13,15-16,27H,3-4,14H2,1-2H3. The number of unbranched alkanes of at least 4 members (excludes halogenated alkanes) is 1. The third-order valence-corrected chi connectivity index (χ3v) is 6.57. The molecule has 9 heteroatoms. The Morgan fingerprint density at radius 1 is 1.12 bits per heavy atom. The van der Waals surface area contributed by atoms with E-state index in [-0.39, 0.29) is 11.5 Å². The van der Waals surface area contributed by atoms with Crippen molar-refractivity contribution < 1.29 is 17.9 Å². The molecule has 0 fully saturated rings. The zero-order valence-electron chi connectivity index (χ0n) is 18.4. The molecule has 0 amide bonds. The van der Waals surface area contributed by atoms with Crippen molar-refractivity contribution >= 4 is 27.1 Å². The lowest BCUT2D eigenvalue weighted by Crippen LogP contribution is -2.16. The lowest BCUT2D eigenvalue weighted by molar-refractivity contribution is 0.104. The van der Waals surface area contributed by atoms with Crippen LogP contribution in [-0.4, -0.2) is 41.7 Å². The fourth-order valence-electron chi connectivity index (χ4n) is 3.48. The summed E-state index contributed by atoms with van der Waals surface area (Å²) >= 11 is 0. The van der Waals surface area contributed by atoms with Crippen molar-refractivity contribution in [1.29, 1.82) is 0 Å². The first-order chi connectivity index (χ1) is 15.9. The molecule has 0 aliphatic carbocycles. The van der Waals surface area contributed by atoms with E-state index < -0.39 is 10.0 Å². The van der Waals surface area contributed by atoms with Crippen LogP contribution in [0.4, 0.5) is 5.69 Å². The Labute approximate surface area is 192 Å². The average molecular weight is 465 g/mol. The monoisotopic (exact) mass is 464 g/mol. The van der Waals surface area contributed by atoms with Crippen molar-refractivity contribution in [3.8, 4) is 17.0 Å². The van der Waals surface area contributed by atoms with Gasteiger partial charge in [0.15, 0.2) is 11.4 Å². The summed E-state index contributed by atoms with van der Waals surface area (Å²) in [5.74, 6) is 0.537. The van der Waals surface area contributed by atoms with Gasteiger partial charge >= 0.3 is 0 Å². The summed E-state index contributed by atoms with van der Waals surface area (Å²) in [5, 5.41) is 4.39. The summed E-state index contributed by atoms with van der Waals surface area (Å²) < 4.78 is 33.9. The topological polar surface area (TPSA) is 103 Å². The number of methoxy groups -OCH3 is 1. The maximum Gasteiger partial charge on any atom is 0.232 e. The number of rotatable bonds is 9. The molecular weight excluding hydrogens is 440 g/mol. The fraction of sp³-hybridized carbons (Fsp3) is 0.208. The predicted octanol–water partition coefficient (Wildman–Crippen LogP) is 4.18. The first-order valence-corrected chi connectivity index (χ1v) is 12.2. The number of nitrogens with zero attached hydrogens (tertiary/aromatic N) is 3. The van der Waals surface area contributed by atoms with Gasteiger partial charge in [-0.2, -0.15) is 5.10 Å². The zero-order valence-corrected chi connectivity index (χ0v) is 19.2. The molecule has 0 aliphatic heterocycles. The van der Waals surface area contributed by atoms with E-state index in [1.807, 2.05) is 13.0 Å². The second-order valence-corrected chi connectivity index (χ2v) is 9.38.